The van der Waals surface area contributed by atoms with Crippen molar-refractivity contribution in [3.8, 4) is 0 Å². The summed E-state index contributed by atoms with van der Waals surface area (Å²) in [6.07, 6.45) is 1.49. The van der Waals surface area contributed by atoms with E-state index >= 15 is 0 Å². The highest BCUT2D eigenvalue weighted by Crippen LogP contribution is 2.13. The van der Waals surface area contributed by atoms with E-state index in [0.29, 0.717) is 12.5 Å². The van der Waals surface area contributed by atoms with Crippen molar-refractivity contribution in [1.82, 2.24) is 10.7 Å². The van der Waals surface area contributed by atoms with Gasteiger partial charge in [0.2, 0.25) is 0 Å². The molecule has 0 aromatic heterocycles. The molecule has 6 nitrogen and oxygen atoms in total. The van der Waals surface area contributed by atoms with E-state index in [4.69, 9.17) is 4.74 Å². The Morgan fingerprint density at radius 1 is 1.24 bits per heavy atom. The molecule has 2 N–H and O–H groups in total. The molecule has 1 aromatic rings. The van der Waals surface area contributed by atoms with Crippen LogP contribution >= 0.6 is 0 Å². The van der Waals surface area contributed by atoms with Crippen LogP contribution in [0.4, 0.5) is 0 Å². The largest absolute Gasteiger partial charge is 0.383 e. The van der Waals surface area contributed by atoms with Crippen LogP contribution in [-0.4, -0.2) is 38.3 Å². The van der Waals surface area contributed by atoms with Gasteiger partial charge >= 0.3 is 11.8 Å². The van der Waals surface area contributed by atoms with Crippen LogP contribution in [0.1, 0.15) is 30.9 Å². The molecule has 2 amide bonds. The number of hydrogen-bond donors (Lipinski definition) is 2. The summed E-state index contributed by atoms with van der Waals surface area (Å²) in [6, 6.07) is 7.82. The third-order valence-corrected chi connectivity index (χ3v) is 2.78. The van der Waals surface area contributed by atoms with E-state index in [1.165, 1.54) is 18.9 Å². The van der Waals surface area contributed by atoms with Gasteiger partial charge in [-0.15, -0.1) is 0 Å². The Bertz CT molecular complexity index is 495. The summed E-state index contributed by atoms with van der Waals surface area (Å²) in [5.41, 5.74) is 4.25. The molecule has 1 aromatic carbocycles. The van der Waals surface area contributed by atoms with Crippen molar-refractivity contribution < 1.29 is 14.3 Å². The fraction of sp³-hybridized carbons (Fsp3) is 0.400. The predicted molar refractivity (Wildman–Crippen MR) is 81.2 cm³/mol. The van der Waals surface area contributed by atoms with Crippen molar-refractivity contribution in [2.45, 2.75) is 19.8 Å². The molecule has 0 heterocycles. The highest BCUT2D eigenvalue weighted by atomic mass is 16.5. The number of hydrogen-bond acceptors (Lipinski definition) is 4. The lowest BCUT2D eigenvalue weighted by Crippen LogP contribution is -2.39. The van der Waals surface area contributed by atoms with Gasteiger partial charge in [-0.05, 0) is 17.0 Å². The summed E-state index contributed by atoms with van der Waals surface area (Å²) in [4.78, 5) is 22.7. The van der Waals surface area contributed by atoms with Gasteiger partial charge in [0.15, 0.2) is 0 Å². The van der Waals surface area contributed by atoms with Crippen molar-refractivity contribution in [3.63, 3.8) is 0 Å². The van der Waals surface area contributed by atoms with Crippen molar-refractivity contribution >= 4 is 18.0 Å². The molecule has 0 fully saturated rings. The molecule has 0 atom stereocenters. The number of methoxy groups -OCH3 is 1. The van der Waals surface area contributed by atoms with Crippen LogP contribution in [0.2, 0.25) is 0 Å². The standard InChI is InChI=1S/C15H21N3O3/c1-11(2)13-6-4-12(5-7-13)10-17-18-15(20)14(19)16-8-9-21-3/h4-7,10-11H,8-9H2,1-3H3,(H,16,19)(H,18,20)/b17-10-. The Morgan fingerprint density at radius 2 is 1.90 bits per heavy atom. The minimum atomic E-state index is -0.804. The van der Waals surface area contributed by atoms with Crippen molar-refractivity contribution in [2.75, 3.05) is 20.3 Å². The summed E-state index contributed by atoms with van der Waals surface area (Å²) in [7, 11) is 1.51. The van der Waals surface area contributed by atoms with Crippen LogP contribution in [0.5, 0.6) is 0 Å². The first-order valence-corrected chi connectivity index (χ1v) is 6.74. The van der Waals surface area contributed by atoms with Gasteiger partial charge in [-0.1, -0.05) is 38.1 Å². The quantitative estimate of drug-likeness (QED) is 0.355. The monoisotopic (exact) mass is 291 g/mol. The summed E-state index contributed by atoms with van der Waals surface area (Å²) >= 11 is 0. The molecule has 0 spiro atoms. The number of ether oxygens (including phenoxy) is 1. The Balaban J connectivity index is 2.43. The number of hydrazone groups is 1. The van der Waals surface area contributed by atoms with Crippen molar-refractivity contribution in [3.05, 3.63) is 35.4 Å². The highest BCUT2D eigenvalue weighted by molar-refractivity contribution is 6.35. The molecule has 21 heavy (non-hydrogen) atoms. The van der Waals surface area contributed by atoms with E-state index in [-0.39, 0.29) is 6.54 Å². The summed E-state index contributed by atoms with van der Waals surface area (Å²) in [5.74, 6) is -1.08. The molecule has 0 radical (unpaired) electrons. The maximum absolute atomic E-state index is 11.4. The van der Waals surface area contributed by atoms with E-state index in [9.17, 15) is 9.59 Å². The van der Waals surface area contributed by atoms with Gasteiger partial charge in [0.05, 0.1) is 12.8 Å². The van der Waals surface area contributed by atoms with E-state index in [1.54, 1.807) is 0 Å². The Labute approximate surface area is 124 Å². The van der Waals surface area contributed by atoms with Gasteiger partial charge in [0.25, 0.3) is 0 Å². The molecule has 0 saturated heterocycles. The van der Waals surface area contributed by atoms with Gasteiger partial charge in [0, 0.05) is 13.7 Å². The molecule has 1 rings (SSSR count). The van der Waals surface area contributed by atoms with Crippen LogP contribution in [-0.2, 0) is 14.3 Å². The van der Waals surface area contributed by atoms with Crippen LogP contribution in [0.3, 0.4) is 0 Å². The van der Waals surface area contributed by atoms with E-state index < -0.39 is 11.8 Å². The molecule has 114 valence electrons. The van der Waals surface area contributed by atoms with Crippen molar-refractivity contribution in [2.24, 2.45) is 5.10 Å². The Kier molecular flexibility index (Phi) is 7.11. The SMILES string of the molecule is COCCNC(=O)C(=O)N/N=C\c1ccc(C(C)C)cc1. The molecular formula is C15H21N3O3. The Morgan fingerprint density at radius 3 is 2.48 bits per heavy atom. The minimum absolute atomic E-state index is 0.281. The molecule has 0 bridgehead atoms. The smallest absolute Gasteiger partial charge is 0.329 e. The third kappa shape index (κ3) is 6.18. The highest BCUT2D eigenvalue weighted by Gasteiger charge is 2.10. The van der Waals surface area contributed by atoms with E-state index in [1.807, 2.05) is 24.3 Å². The second-order valence-corrected chi connectivity index (χ2v) is 4.77. The topological polar surface area (TPSA) is 79.8 Å². The van der Waals surface area contributed by atoms with E-state index in [0.717, 1.165) is 5.56 Å². The zero-order chi connectivity index (χ0) is 15.7. The molecule has 0 saturated carbocycles. The van der Waals surface area contributed by atoms with Crippen molar-refractivity contribution in [1.29, 1.82) is 0 Å². The van der Waals surface area contributed by atoms with E-state index in [2.05, 4.69) is 29.7 Å². The van der Waals surface area contributed by atoms with Gasteiger partial charge in [0.1, 0.15) is 0 Å². The second-order valence-electron chi connectivity index (χ2n) is 4.77. The minimum Gasteiger partial charge on any atom is -0.383 e. The van der Waals surface area contributed by atoms with Gasteiger partial charge in [-0.25, -0.2) is 5.43 Å². The summed E-state index contributed by atoms with van der Waals surface area (Å²) < 4.78 is 4.76. The zero-order valence-corrected chi connectivity index (χ0v) is 12.6. The first-order valence-electron chi connectivity index (χ1n) is 6.74. The first-order chi connectivity index (χ1) is 10.0. The fourth-order valence-corrected chi connectivity index (χ4v) is 1.53. The number of rotatable bonds is 6. The molecular weight excluding hydrogens is 270 g/mol. The van der Waals surface area contributed by atoms with Crippen LogP contribution in [0.15, 0.2) is 29.4 Å². The van der Waals surface area contributed by atoms with Crippen LogP contribution in [0.25, 0.3) is 0 Å². The van der Waals surface area contributed by atoms with Crippen LogP contribution < -0.4 is 10.7 Å². The Hall–Kier alpha value is -2.21. The maximum Gasteiger partial charge on any atom is 0.329 e. The molecule has 6 heteroatoms. The molecule has 0 aliphatic rings. The third-order valence-electron chi connectivity index (χ3n) is 2.78. The van der Waals surface area contributed by atoms with Gasteiger partial charge in [-0.2, -0.15) is 5.10 Å². The molecule has 0 aliphatic carbocycles. The summed E-state index contributed by atoms with van der Waals surface area (Å²) in [5, 5.41) is 6.15. The van der Waals surface area contributed by atoms with Gasteiger partial charge in [-0.3, -0.25) is 9.59 Å². The molecule has 0 aliphatic heterocycles. The number of carbonyl (C=O) groups excluding carboxylic acids is 2. The average molecular weight is 291 g/mol. The fourth-order valence-electron chi connectivity index (χ4n) is 1.53. The maximum atomic E-state index is 11.4. The predicted octanol–water partition coefficient (Wildman–Crippen LogP) is 1.02. The number of amides is 2. The average Bonchev–Trinajstić information content (AvgIpc) is 2.47. The molecule has 0 unspecified atom stereocenters. The second kappa shape index (κ2) is 8.86. The normalized spacial score (nSPS) is 10.9. The number of nitrogens with one attached hydrogen (secondary N) is 2. The zero-order valence-electron chi connectivity index (χ0n) is 12.6. The number of nitrogens with zero attached hydrogens (tertiary/aromatic N) is 1. The van der Waals surface area contributed by atoms with Crippen LogP contribution in [0, 0.1) is 0 Å². The first kappa shape index (κ1) is 16.8. The van der Waals surface area contributed by atoms with Gasteiger partial charge < -0.3 is 10.1 Å². The number of benzene rings is 1. The lowest BCUT2D eigenvalue weighted by Gasteiger charge is -2.04. The summed E-state index contributed by atoms with van der Waals surface area (Å²) in [6.45, 7) is 4.87. The lowest BCUT2D eigenvalue weighted by atomic mass is 10.0. The lowest BCUT2D eigenvalue weighted by molar-refractivity contribution is -0.139. The number of carbonyl (C=O) groups is 2.